The van der Waals surface area contributed by atoms with Gasteiger partial charge in [-0.05, 0) is 18.1 Å². The summed E-state index contributed by atoms with van der Waals surface area (Å²) in [5.41, 5.74) is -1.71. The van der Waals surface area contributed by atoms with Crippen LogP contribution in [-0.4, -0.2) is 39.9 Å². The molecule has 1 aliphatic rings. The molecular weight excluding hydrogens is 233 g/mol. The summed E-state index contributed by atoms with van der Waals surface area (Å²) in [4.78, 5) is 5.49. The lowest BCUT2D eigenvalue weighted by Gasteiger charge is -2.26. The largest absolute Gasteiger partial charge is 0.418 e. The van der Waals surface area contributed by atoms with Crippen molar-refractivity contribution in [3.63, 3.8) is 0 Å². The van der Waals surface area contributed by atoms with Crippen LogP contribution < -0.4 is 0 Å². The Kier molecular flexibility index (Phi) is 3.09. The molecule has 1 saturated heterocycles. The number of nitrogens with zero attached hydrogens (tertiary/aromatic N) is 2. The maximum atomic E-state index is 12.6. The van der Waals surface area contributed by atoms with Crippen LogP contribution in [0.3, 0.4) is 0 Å². The fraction of sp³-hybridized carbons (Fsp3) is 0.545. The molecule has 1 aliphatic heterocycles. The van der Waals surface area contributed by atoms with Gasteiger partial charge in [-0.1, -0.05) is 6.07 Å². The molecule has 0 aliphatic carbocycles. The van der Waals surface area contributed by atoms with Gasteiger partial charge in [0.1, 0.15) is 0 Å². The fourth-order valence-corrected chi connectivity index (χ4v) is 1.99. The van der Waals surface area contributed by atoms with Gasteiger partial charge in [0.05, 0.1) is 0 Å². The Morgan fingerprint density at radius 3 is 2.76 bits per heavy atom. The predicted octanol–water partition coefficient (Wildman–Crippen LogP) is 1.58. The van der Waals surface area contributed by atoms with Crippen LogP contribution in [0.1, 0.15) is 12.0 Å². The highest BCUT2D eigenvalue weighted by Crippen LogP contribution is 2.37. The van der Waals surface area contributed by atoms with E-state index in [0.29, 0.717) is 6.54 Å². The van der Waals surface area contributed by atoms with E-state index in [1.54, 1.807) is 29.4 Å². The van der Waals surface area contributed by atoms with Crippen molar-refractivity contribution < 1.29 is 18.3 Å². The number of aliphatic hydroxyl groups is 1. The highest BCUT2D eigenvalue weighted by molar-refractivity contribution is 5.09. The molecule has 0 radical (unpaired) electrons. The predicted molar refractivity (Wildman–Crippen MR) is 55.1 cm³/mol. The molecular formula is C11H13F3N2O. The van der Waals surface area contributed by atoms with Crippen LogP contribution in [0.4, 0.5) is 13.2 Å². The Hall–Kier alpha value is -1.14. The van der Waals surface area contributed by atoms with E-state index in [0.717, 1.165) is 5.56 Å². The highest BCUT2D eigenvalue weighted by atomic mass is 19.4. The van der Waals surface area contributed by atoms with E-state index in [1.165, 1.54) is 0 Å². The van der Waals surface area contributed by atoms with E-state index >= 15 is 0 Å². The number of halogens is 3. The molecule has 1 aromatic rings. The first-order valence-electron chi connectivity index (χ1n) is 5.31. The van der Waals surface area contributed by atoms with E-state index < -0.39 is 11.8 Å². The fourth-order valence-electron chi connectivity index (χ4n) is 1.99. The molecule has 0 bridgehead atoms. The summed E-state index contributed by atoms with van der Waals surface area (Å²) >= 11 is 0. The summed E-state index contributed by atoms with van der Waals surface area (Å²) in [6.45, 7) is 0.253. The molecule has 0 aromatic carbocycles. The van der Waals surface area contributed by atoms with Gasteiger partial charge < -0.3 is 5.11 Å². The van der Waals surface area contributed by atoms with Gasteiger partial charge in [-0.15, -0.1) is 0 Å². The SMILES string of the molecule is O[C@]1(C(F)(F)F)CCN(Cc2cccnc2)C1. The van der Waals surface area contributed by atoms with Gasteiger partial charge in [0, 0.05) is 32.0 Å². The maximum Gasteiger partial charge on any atom is 0.418 e. The number of alkyl halides is 3. The lowest BCUT2D eigenvalue weighted by molar-refractivity contribution is -0.254. The first-order chi connectivity index (χ1) is 7.91. The van der Waals surface area contributed by atoms with E-state index in [1.807, 2.05) is 0 Å². The summed E-state index contributed by atoms with van der Waals surface area (Å²) in [5, 5.41) is 9.49. The van der Waals surface area contributed by atoms with Crippen LogP contribution in [0.5, 0.6) is 0 Å². The Bertz CT molecular complexity index is 382. The lowest BCUT2D eigenvalue weighted by Crippen LogP contribution is -2.47. The zero-order valence-electron chi connectivity index (χ0n) is 9.11. The average molecular weight is 246 g/mol. The normalized spacial score (nSPS) is 26.4. The molecule has 1 atom stereocenters. The Morgan fingerprint density at radius 1 is 1.47 bits per heavy atom. The average Bonchev–Trinajstić information content (AvgIpc) is 2.62. The number of aromatic nitrogens is 1. The van der Waals surface area contributed by atoms with Crippen molar-refractivity contribution in [2.75, 3.05) is 13.1 Å². The molecule has 2 heterocycles. The number of hydrogen-bond donors (Lipinski definition) is 1. The third-order valence-corrected chi connectivity index (χ3v) is 2.98. The molecule has 1 N–H and O–H groups in total. The number of pyridine rings is 1. The molecule has 0 amide bonds. The Morgan fingerprint density at radius 2 is 2.24 bits per heavy atom. The van der Waals surface area contributed by atoms with E-state index in [2.05, 4.69) is 4.98 Å². The van der Waals surface area contributed by atoms with Crippen molar-refractivity contribution >= 4 is 0 Å². The third-order valence-electron chi connectivity index (χ3n) is 2.98. The minimum Gasteiger partial charge on any atom is -0.379 e. The standard InChI is InChI=1S/C11H13F3N2O/c12-11(13,14)10(17)3-5-16(8-10)7-9-2-1-4-15-6-9/h1-2,4,6,17H,3,5,7-8H2/t10-/m1/s1. The molecule has 3 nitrogen and oxygen atoms in total. The van der Waals surface area contributed by atoms with Gasteiger partial charge in [0.2, 0.25) is 0 Å². The second kappa shape index (κ2) is 4.27. The molecule has 2 rings (SSSR count). The second-order valence-electron chi connectivity index (χ2n) is 4.35. The Balaban J connectivity index is 1.99. The van der Waals surface area contributed by atoms with Crippen LogP contribution >= 0.6 is 0 Å². The first-order valence-corrected chi connectivity index (χ1v) is 5.31. The molecule has 17 heavy (non-hydrogen) atoms. The summed E-state index contributed by atoms with van der Waals surface area (Å²) in [5.74, 6) is 0. The summed E-state index contributed by atoms with van der Waals surface area (Å²) < 4.78 is 37.7. The zero-order valence-corrected chi connectivity index (χ0v) is 9.11. The Labute approximate surface area is 96.9 Å². The van der Waals surface area contributed by atoms with E-state index in [4.69, 9.17) is 0 Å². The van der Waals surface area contributed by atoms with Crippen molar-refractivity contribution in [3.8, 4) is 0 Å². The van der Waals surface area contributed by atoms with Gasteiger partial charge in [0.25, 0.3) is 0 Å². The number of β-amino-alcohol motifs (C(OH)–C–C–N with tert-alkyl or cyclic N) is 1. The quantitative estimate of drug-likeness (QED) is 0.860. The molecule has 94 valence electrons. The van der Waals surface area contributed by atoms with Crippen molar-refractivity contribution in [1.82, 2.24) is 9.88 Å². The first kappa shape index (κ1) is 12.3. The molecule has 1 aromatic heterocycles. The monoisotopic (exact) mass is 246 g/mol. The molecule has 6 heteroatoms. The molecule has 1 fully saturated rings. The van der Waals surface area contributed by atoms with Crippen molar-refractivity contribution in [1.29, 1.82) is 0 Å². The topological polar surface area (TPSA) is 36.4 Å². The minimum absolute atomic E-state index is 0.241. The van der Waals surface area contributed by atoms with Gasteiger partial charge in [-0.3, -0.25) is 9.88 Å². The summed E-state index contributed by atoms with van der Waals surface area (Å²) in [6.07, 6.45) is -1.60. The molecule has 0 unspecified atom stereocenters. The van der Waals surface area contributed by atoms with E-state index in [9.17, 15) is 18.3 Å². The van der Waals surface area contributed by atoms with Crippen LogP contribution in [0, 0.1) is 0 Å². The van der Waals surface area contributed by atoms with Gasteiger partial charge >= 0.3 is 6.18 Å². The lowest BCUT2D eigenvalue weighted by atomic mass is 10.0. The van der Waals surface area contributed by atoms with Gasteiger partial charge in [0.15, 0.2) is 5.60 Å². The summed E-state index contributed by atoms with van der Waals surface area (Å²) in [7, 11) is 0. The maximum absolute atomic E-state index is 12.6. The molecule has 0 spiro atoms. The summed E-state index contributed by atoms with van der Waals surface area (Å²) in [6, 6.07) is 3.54. The van der Waals surface area contributed by atoms with Gasteiger partial charge in [-0.2, -0.15) is 13.2 Å². The van der Waals surface area contributed by atoms with Crippen molar-refractivity contribution in [2.45, 2.75) is 24.7 Å². The van der Waals surface area contributed by atoms with E-state index in [-0.39, 0.29) is 19.5 Å². The smallest absolute Gasteiger partial charge is 0.379 e. The second-order valence-corrected chi connectivity index (χ2v) is 4.35. The molecule has 0 saturated carbocycles. The number of rotatable bonds is 2. The number of hydrogen-bond acceptors (Lipinski definition) is 3. The third kappa shape index (κ3) is 2.58. The van der Waals surface area contributed by atoms with Crippen molar-refractivity contribution in [3.05, 3.63) is 30.1 Å². The van der Waals surface area contributed by atoms with Crippen LogP contribution in [-0.2, 0) is 6.54 Å². The van der Waals surface area contributed by atoms with Gasteiger partial charge in [-0.25, -0.2) is 0 Å². The highest BCUT2D eigenvalue weighted by Gasteiger charge is 2.56. The number of likely N-dealkylation sites (tertiary alicyclic amines) is 1. The van der Waals surface area contributed by atoms with Crippen LogP contribution in [0.25, 0.3) is 0 Å². The van der Waals surface area contributed by atoms with Crippen LogP contribution in [0.15, 0.2) is 24.5 Å². The zero-order chi connectivity index (χ0) is 12.5. The minimum atomic E-state index is -4.56. The van der Waals surface area contributed by atoms with Crippen molar-refractivity contribution in [2.24, 2.45) is 0 Å². The van der Waals surface area contributed by atoms with Crippen LogP contribution in [0.2, 0.25) is 0 Å².